The molecule has 0 aliphatic heterocycles. The van der Waals surface area contributed by atoms with Crippen molar-refractivity contribution in [2.75, 3.05) is 0 Å². The van der Waals surface area contributed by atoms with Crippen molar-refractivity contribution in [2.24, 2.45) is 11.3 Å². The van der Waals surface area contributed by atoms with Gasteiger partial charge in [0.05, 0.1) is 0 Å². The van der Waals surface area contributed by atoms with E-state index < -0.39 is 0 Å². The molecule has 0 aromatic carbocycles. The van der Waals surface area contributed by atoms with Gasteiger partial charge in [-0.05, 0) is 23.8 Å². The highest BCUT2D eigenvalue weighted by Gasteiger charge is 2.31. The molecule has 2 unspecified atom stereocenters. The number of hydrogen-bond donors (Lipinski definition) is 0. The van der Waals surface area contributed by atoms with Crippen LogP contribution in [-0.4, -0.2) is 5.78 Å². The normalized spacial score (nSPS) is 35.6. The summed E-state index contributed by atoms with van der Waals surface area (Å²) >= 11 is 0. The van der Waals surface area contributed by atoms with Crippen LogP contribution in [-0.2, 0) is 4.79 Å². The van der Waals surface area contributed by atoms with Crippen molar-refractivity contribution < 1.29 is 4.79 Å². The van der Waals surface area contributed by atoms with E-state index in [0.29, 0.717) is 5.92 Å². The minimum atomic E-state index is 0.267. The average molecular weight is 166 g/mol. The Morgan fingerprint density at radius 1 is 1.67 bits per heavy atom. The first kappa shape index (κ1) is 9.50. The Bertz CT molecular complexity index is 205. The lowest BCUT2D eigenvalue weighted by Gasteiger charge is -2.34. The second kappa shape index (κ2) is 3.42. The molecule has 2 atom stereocenters. The molecule has 1 heteroatoms. The molecule has 1 aliphatic rings. The molecule has 0 aromatic rings. The van der Waals surface area contributed by atoms with E-state index in [9.17, 15) is 4.79 Å². The van der Waals surface area contributed by atoms with Crippen molar-refractivity contribution in [3.05, 3.63) is 12.2 Å². The Labute approximate surface area is 74.9 Å². The molecule has 0 fully saturated rings. The highest BCUT2D eigenvalue weighted by atomic mass is 16.1. The summed E-state index contributed by atoms with van der Waals surface area (Å²) < 4.78 is 0. The average Bonchev–Trinajstić information content (AvgIpc) is 1.99. The van der Waals surface area contributed by atoms with Crippen molar-refractivity contribution in [1.29, 1.82) is 0 Å². The van der Waals surface area contributed by atoms with E-state index in [1.807, 2.05) is 0 Å². The molecule has 0 amide bonds. The van der Waals surface area contributed by atoms with Crippen LogP contribution in [0, 0.1) is 11.3 Å². The van der Waals surface area contributed by atoms with E-state index in [-0.39, 0.29) is 11.2 Å². The summed E-state index contributed by atoms with van der Waals surface area (Å²) in [7, 11) is 0. The summed E-state index contributed by atoms with van der Waals surface area (Å²) in [5.41, 5.74) is 0.267. The van der Waals surface area contributed by atoms with E-state index in [0.717, 1.165) is 6.42 Å². The molecule has 0 saturated heterocycles. The molecule has 0 aromatic heterocycles. The van der Waals surface area contributed by atoms with Gasteiger partial charge in [0.25, 0.3) is 0 Å². The van der Waals surface area contributed by atoms with Gasteiger partial charge in [-0.2, -0.15) is 0 Å². The molecule has 68 valence electrons. The van der Waals surface area contributed by atoms with Gasteiger partial charge in [0.2, 0.25) is 0 Å². The summed E-state index contributed by atoms with van der Waals surface area (Å²) in [5, 5.41) is 0. The molecule has 1 aliphatic carbocycles. The van der Waals surface area contributed by atoms with Crippen LogP contribution in [0.15, 0.2) is 12.2 Å². The first-order valence-corrected chi connectivity index (χ1v) is 4.80. The first-order chi connectivity index (χ1) is 5.58. The molecular weight excluding hydrogens is 148 g/mol. The second-order valence-corrected chi connectivity index (χ2v) is 4.16. The number of hydrogen-bond acceptors (Lipinski definition) is 1. The van der Waals surface area contributed by atoms with Crippen LogP contribution in [0.2, 0.25) is 0 Å². The number of rotatable bonds is 2. The third kappa shape index (κ3) is 1.77. The number of carbonyl (C=O) groups is 1. The Morgan fingerprint density at radius 3 is 2.83 bits per heavy atom. The SMILES string of the molecule is CCCC1(C)C=CC(=O)CC1C. The zero-order chi connectivity index (χ0) is 9.19. The summed E-state index contributed by atoms with van der Waals surface area (Å²) in [5.74, 6) is 0.797. The van der Waals surface area contributed by atoms with Gasteiger partial charge < -0.3 is 0 Å². The maximum Gasteiger partial charge on any atom is 0.155 e. The molecule has 0 saturated carbocycles. The van der Waals surface area contributed by atoms with Gasteiger partial charge >= 0.3 is 0 Å². The molecule has 0 radical (unpaired) electrons. The zero-order valence-corrected chi connectivity index (χ0v) is 8.26. The van der Waals surface area contributed by atoms with E-state index in [1.54, 1.807) is 6.08 Å². The monoisotopic (exact) mass is 166 g/mol. The topological polar surface area (TPSA) is 17.1 Å². The Morgan fingerprint density at radius 2 is 2.33 bits per heavy atom. The highest BCUT2D eigenvalue weighted by Crippen LogP contribution is 2.38. The summed E-state index contributed by atoms with van der Waals surface area (Å²) in [6.45, 7) is 6.63. The van der Waals surface area contributed by atoms with Gasteiger partial charge in [-0.1, -0.05) is 33.3 Å². The minimum Gasteiger partial charge on any atom is -0.295 e. The lowest BCUT2D eigenvalue weighted by Crippen LogP contribution is -2.28. The number of allylic oxidation sites excluding steroid dienone is 2. The van der Waals surface area contributed by atoms with E-state index in [1.165, 1.54) is 12.8 Å². The summed E-state index contributed by atoms with van der Waals surface area (Å²) in [6, 6.07) is 0. The van der Waals surface area contributed by atoms with Crippen molar-refractivity contribution in [2.45, 2.75) is 40.0 Å². The largest absolute Gasteiger partial charge is 0.295 e. The van der Waals surface area contributed by atoms with E-state index in [4.69, 9.17) is 0 Å². The molecule has 0 heterocycles. The van der Waals surface area contributed by atoms with Crippen molar-refractivity contribution in [1.82, 2.24) is 0 Å². The first-order valence-electron chi connectivity index (χ1n) is 4.80. The van der Waals surface area contributed by atoms with Gasteiger partial charge in [-0.3, -0.25) is 4.79 Å². The molecule has 0 bridgehead atoms. The molecule has 1 rings (SSSR count). The van der Waals surface area contributed by atoms with Gasteiger partial charge in [0.15, 0.2) is 5.78 Å². The Hall–Kier alpha value is -0.590. The number of ketones is 1. The quantitative estimate of drug-likeness (QED) is 0.616. The fourth-order valence-corrected chi connectivity index (χ4v) is 1.92. The van der Waals surface area contributed by atoms with Crippen LogP contribution in [0.3, 0.4) is 0 Å². The molecule has 0 N–H and O–H groups in total. The zero-order valence-electron chi connectivity index (χ0n) is 8.26. The van der Waals surface area contributed by atoms with Gasteiger partial charge in [0.1, 0.15) is 0 Å². The Balaban J connectivity index is 2.76. The van der Waals surface area contributed by atoms with E-state index in [2.05, 4.69) is 26.8 Å². The lowest BCUT2D eigenvalue weighted by molar-refractivity contribution is -0.116. The minimum absolute atomic E-state index is 0.267. The van der Waals surface area contributed by atoms with Crippen molar-refractivity contribution in [3.63, 3.8) is 0 Å². The standard InChI is InChI=1S/C11H18O/c1-4-6-11(3)7-5-10(12)8-9(11)2/h5,7,9H,4,6,8H2,1-3H3. The fraction of sp³-hybridized carbons (Fsp3) is 0.727. The fourth-order valence-electron chi connectivity index (χ4n) is 1.92. The van der Waals surface area contributed by atoms with Crippen molar-refractivity contribution >= 4 is 5.78 Å². The maximum absolute atomic E-state index is 11.1. The van der Waals surface area contributed by atoms with Crippen LogP contribution in [0.4, 0.5) is 0 Å². The predicted molar refractivity (Wildman–Crippen MR) is 50.9 cm³/mol. The third-order valence-corrected chi connectivity index (χ3v) is 3.07. The van der Waals surface area contributed by atoms with Gasteiger partial charge in [-0.25, -0.2) is 0 Å². The Kier molecular flexibility index (Phi) is 2.71. The van der Waals surface area contributed by atoms with E-state index >= 15 is 0 Å². The lowest BCUT2D eigenvalue weighted by atomic mass is 9.70. The maximum atomic E-state index is 11.1. The molecule has 1 nitrogen and oxygen atoms in total. The van der Waals surface area contributed by atoms with Crippen molar-refractivity contribution in [3.8, 4) is 0 Å². The molecular formula is C11H18O. The number of carbonyl (C=O) groups excluding carboxylic acids is 1. The van der Waals surface area contributed by atoms with Crippen LogP contribution >= 0.6 is 0 Å². The summed E-state index contributed by atoms with van der Waals surface area (Å²) in [4.78, 5) is 11.1. The highest BCUT2D eigenvalue weighted by molar-refractivity contribution is 5.90. The molecule has 12 heavy (non-hydrogen) atoms. The smallest absolute Gasteiger partial charge is 0.155 e. The second-order valence-electron chi connectivity index (χ2n) is 4.16. The van der Waals surface area contributed by atoms with Crippen LogP contribution in [0.5, 0.6) is 0 Å². The van der Waals surface area contributed by atoms with Crippen LogP contribution < -0.4 is 0 Å². The van der Waals surface area contributed by atoms with Gasteiger partial charge in [-0.15, -0.1) is 0 Å². The molecule has 0 spiro atoms. The van der Waals surface area contributed by atoms with Gasteiger partial charge in [0, 0.05) is 6.42 Å². The van der Waals surface area contributed by atoms with Crippen LogP contribution in [0.1, 0.15) is 40.0 Å². The summed E-state index contributed by atoms with van der Waals surface area (Å²) in [6.07, 6.45) is 6.98. The van der Waals surface area contributed by atoms with Crippen LogP contribution in [0.25, 0.3) is 0 Å². The third-order valence-electron chi connectivity index (χ3n) is 3.07. The predicted octanol–water partition coefficient (Wildman–Crippen LogP) is 2.96.